The van der Waals surface area contributed by atoms with Crippen molar-refractivity contribution in [2.24, 2.45) is 0 Å². The fourth-order valence-corrected chi connectivity index (χ4v) is 1.75. The van der Waals surface area contributed by atoms with Crippen molar-refractivity contribution in [3.05, 3.63) is 35.9 Å². The molecular formula is C11H12O2. The Morgan fingerprint density at radius 1 is 1.23 bits per heavy atom. The summed E-state index contributed by atoms with van der Waals surface area (Å²) in [6, 6.07) is 10.4. The van der Waals surface area contributed by atoms with Crippen molar-refractivity contribution in [1.82, 2.24) is 0 Å². The van der Waals surface area contributed by atoms with Gasteiger partial charge < -0.3 is 4.74 Å². The molecule has 1 saturated carbocycles. The first-order chi connectivity index (χ1) is 6.40. The van der Waals surface area contributed by atoms with Gasteiger partial charge in [0.15, 0.2) is 0 Å². The second-order valence-corrected chi connectivity index (χ2v) is 3.43. The van der Waals surface area contributed by atoms with Crippen molar-refractivity contribution in [1.29, 1.82) is 0 Å². The molecule has 2 rings (SSSR count). The van der Waals surface area contributed by atoms with Crippen molar-refractivity contribution < 1.29 is 9.53 Å². The van der Waals surface area contributed by atoms with E-state index in [-0.39, 0.29) is 6.10 Å². The van der Waals surface area contributed by atoms with Gasteiger partial charge >= 0.3 is 0 Å². The normalized spacial score (nSPS) is 26.2. The summed E-state index contributed by atoms with van der Waals surface area (Å²) in [5.41, 5.74) is 1.35. The first-order valence-electron chi connectivity index (χ1n) is 4.54. The molecule has 2 nitrogen and oxygen atoms in total. The molecule has 13 heavy (non-hydrogen) atoms. The minimum Gasteiger partial charge on any atom is -0.465 e. The lowest BCUT2D eigenvalue weighted by Gasteiger charge is -2.33. The quantitative estimate of drug-likeness (QED) is 0.659. The van der Waals surface area contributed by atoms with Crippen LogP contribution in [0.5, 0.6) is 0 Å². The Labute approximate surface area is 77.5 Å². The van der Waals surface area contributed by atoms with Crippen LogP contribution in [0.3, 0.4) is 0 Å². The van der Waals surface area contributed by atoms with Gasteiger partial charge in [-0.1, -0.05) is 30.3 Å². The summed E-state index contributed by atoms with van der Waals surface area (Å²) in [6.45, 7) is 0.548. The van der Waals surface area contributed by atoms with E-state index in [1.165, 1.54) is 5.56 Å². The molecule has 0 saturated heterocycles. The summed E-state index contributed by atoms with van der Waals surface area (Å²) < 4.78 is 4.85. The molecule has 1 aromatic carbocycles. The highest BCUT2D eigenvalue weighted by molar-refractivity contribution is 5.38. The highest BCUT2D eigenvalue weighted by Gasteiger charge is 2.31. The van der Waals surface area contributed by atoms with Crippen LogP contribution in [-0.2, 0) is 9.53 Å². The summed E-state index contributed by atoms with van der Waals surface area (Å²) in [5, 5.41) is 0. The van der Waals surface area contributed by atoms with Crippen LogP contribution in [0.15, 0.2) is 30.3 Å². The Balaban J connectivity index is 1.90. The van der Waals surface area contributed by atoms with Gasteiger partial charge in [0, 0.05) is 0 Å². The molecule has 1 fully saturated rings. The van der Waals surface area contributed by atoms with Gasteiger partial charge in [-0.05, 0) is 24.3 Å². The number of hydrogen-bond donors (Lipinski definition) is 0. The van der Waals surface area contributed by atoms with Crippen LogP contribution in [0.2, 0.25) is 0 Å². The van der Waals surface area contributed by atoms with Crippen molar-refractivity contribution in [3.63, 3.8) is 0 Å². The molecule has 68 valence electrons. The van der Waals surface area contributed by atoms with Gasteiger partial charge in [-0.15, -0.1) is 0 Å². The topological polar surface area (TPSA) is 26.3 Å². The largest absolute Gasteiger partial charge is 0.465 e. The molecule has 0 radical (unpaired) electrons. The fraction of sp³-hybridized carbons (Fsp3) is 0.364. The van der Waals surface area contributed by atoms with E-state index in [1.807, 2.05) is 18.2 Å². The van der Waals surface area contributed by atoms with Gasteiger partial charge in [0.1, 0.15) is 6.10 Å². The van der Waals surface area contributed by atoms with E-state index in [1.54, 1.807) is 0 Å². The standard InChI is InChI=1S/C11H12O2/c12-8-13-11-6-10(7-11)9-4-2-1-3-5-9/h1-5,8,10-11H,6-7H2. The minimum absolute atomic E-state index is 0.155. The molecule has 0 bridgehead atoms. The van der Waals surface area contributed by atoms with Crippen LogP contribution in [-0.4, -0.2) is 12.6 Å². The zero-order chi connectivity index (χ0) is 9.10. The van der Waals surface area contributed by atoms with Gasteiger partial charge in [-0.3, -0.25) is 4.79 Å². The average Bonchev–Trinajstić information content (AvgIpc) is 2.12. The average molecular weight is 176 g/mol. The predicted octanol–water partition coefficient (Wildman–Crippen LogP) is 2.11. The summed E-state index contributed by atoms with van der Waals surface area (Å²) >= 11 is 0. The van der Waals surface area contributed by atoms with Crippen LogP contribution >= 0.6 is 0 Å². The third-order valence-electron chi connectivity index (χ3n) is 2.61. The Morgan fingerprint density at radius 3 is 2.54 bits per heavy atom. The van der Waals surface area contributed by atoms with Crippen LogP contribution in [0.1, 0.15) is 24.3 Å². The Hall–Kier alpha value is -1.31. The van der Waals surface area contributed by atoms with E-state index < -0.39 is 0 Å². The second kappa shape index (κ2) is 3.60. The molecule has 1 aliphatic rings. The van der Waals surface area contributed by atoms with Crippen LogP contribution in [0.25, 0.3) is 0 Å². The molecule has 2 heteroatoms. The number of rotatable bonds is 3. The molecule has 1 aliphatic carbocycles. The highest BCUT2D eigenvalue weighted by atomic mass is 16.5. The number of ether oxygens (including phenoxy) is 1. The van der Waals surface area contributed by atoms with Crippen molar-refractivity contribution in [2.45, 2.75) is 24.9 Å². The first kappa shape index (κ1) is 8.30. The van der Waals surface area contributed by atoms with Gasteiger partial charge in [0.2, 0.25) is 0 Å². The molecule has 0 unspecified atom stereocenters. The van der Waals surface area contributed by atoms with Crippen LogP contribution in [0.4, 0.5) is 0 Å². The Kier molecular flexibility index (Phi) is 2.30. The Morgan fingerprint density at radius 2 is 1.92 bits per heavy atom. The zero-order valence-electron chi connectivity index (χ0n) is 7.35. The third kappa shape index (κ3) is 1.72. The smallest absolute Gasteiger partial charge is 0.293 e. The molecule has 0 N–H and O–H groups in total. The maximum atomic E-state index is 10.0. The van der Waals surface area contributed by atoms with Crippen LogP contribution < -0.4 is 0 Å². The number of carbonyl (C=O) groups excluding carboxylic acids is 1. The van der Waals surface area contributed by atoms with E-state index in [4.69, 9.17) is 4.74 Å². The van der Waals surface area contributed by atoms with Crippen molar-refractivity contribution in [2.75, 3.05) is 0 Å². The molecule has 0 aliphatic heterocycles. The summed E-state index contributed by atoms with van der Waals surface area (Å²) in [6.07, 6.45) is 2.11. The summed E-state index contributed by atoms with van der Waals surface area (Å²) in [4.78, 5) is 10.0. The fourth-order valence-electron chi connectivity index (χ4n) is 1.75. The Bertz CT molecular complexity index is 275. The summed E-state index contributed by atoms with van der Waals surface area (Å²) in [7, 11) is 0. The third-order valence-corrected chi connectivity index (χ3v) is 2.61. The molecular weight excluding hydrogens is 164 g/mol. The van der Waals surface area contributed by atoms with E-state index in [2.05, 4.69) is 12.1 Å². The van der Waals surface area contributed by atoms with E-state index >= 15 is 0 Å². The van der Waals surface area contributed by atoms with Crippen LogP contribution in [0, 0.1) is 0 Å². The van der Waals surface area contributed by atoms with Gasteiger partial charge in [0.05, 0.1) is 0 Å². The highest BCUT2D eigenvalue weighted by Crippen LogP contribution is 2.38. The lowest BCUT2D eigenvalue weighted by molar-refractivity contribution is -0.138. The zero-order valence-corrected chi connectivity index (χ0v) is 7.35. The van der Waals surface area contributed by atoms with Crippen molar-refractivity contribution >= 4 is 6.47 Å². The predicted molar refractivity (Wildman–Crippen MR) is 49.4 cm³/mol. The molecule has 0 aromatic heterocycles. The van der Waals surface area contributed by atoms with Gasteiger partial charge in [0.25, 0.3) is 6.47 Å². The van der Waals surface area contributed by atoms with Gasteiger partial charge in [-0.2, -0.15) is 0 Å². The number of carbonyl (C=O) groups is 1. The van der Waals surface area contributed by atoms with E-state index in [0.717, 1.165) is 12.8 Å². The number of hydrogen-bond acceptors (Lipinski definition) is 2. The van der Waals surface area contributed by atoms with E-state index in [9.17, 15) is 4.79 Å². The monoisotopic (exact) mass is 176 g/mol. The minimum atomic E-state index is 0.155. The molecule has 1 aromatic rings. The summed E-state index contributed by atoms with van der Waals surface area (Å²) in [5.74, 6) is 0.589. The lowest BCUT2D eigenvalue weighted by Crippen LogP contribution is -2.29. The van der Waals surface area contributed by atoms with E-state index in [0.29, 0.717) is 12.4 Å². The molecule has 0 amide bonds. The maximum absolute atomic E-state index is 10.0. The maximum Gasteiger partial charge on any atom is 0.293 e. The second-order valence-electron chi connectivity index (χ2n) is 3.43. The molecule has 0 spiro atoms. The lowest BCUT2D eigenvalue weighted by atomic mass is 9.77. The van der Waals surface area contributed by atoms with Gasteiger partial charge in [-0.25, -0.2) is 0 Å². The molecule has 0 heterocycles. The first-order valence-corrected chi connectivity index (χ1v) is 4.54. The SMILES string of the molecule is O=COC1CC(c2ccccc2)C1. The molecule has 0 atom stereocenters. The van der Waals surface area contributed by atoms with Crippen molar-refractivity contribution in [3.8, 4) is 0 Å². The number of benzene rings is 1.